The molecule has 23 heavy (non-hydrogen) atoms. The van der Waals surface area contributed by atoms with Crippen LogP contribution in [0.15, 0.2) is 36.7 Å². The van der Waals surface area contributed by atoms with Crippen molar-refractivity contribution in [3.05, 3.63) is 51.4 Å². The maximum Gasteiger partial charge on any atom is 0.225 e. The zero-order valence-electron chi connectivity index (χ0n) is 12.8. The van der Waals surface area contributed by atoms with Gasteiger partial charge >= 0.3 is 0 Å². The number of halogens is 1. The third kappa shape index (κ3) is 4.19. The summed E-state index contributed by atoms with van der Waals surface area (Å²) in [6.45, 7) is 1.93. The Labute approximate surface area is 149 Å². The Hall–Kier alpha value is -1.70. The van der Waals surface area contributed by atoms with Crippen LogP contribution in [0.5, 0.6) is 0 Å². The minimum atomic E-state index is -0.288. The van der Waals surface area contributed by atoms with Crippen LogP contribution in [0.25, 0.3) is 0 Å². The molecule has 1 saturated heterocycles. The number of anilines is 1. The molecule has 2 heterocycles. The first-order valence-corrected chi connectivity index (χ1v) is 8.79. The van der Waals surface area contributed by atoms with Crippen LogP contribution < -0.4 is 10.6 Å². The number of aromatic nitrogens is 2. The Morgan fingerprint density at radius 2 is 1.78 bits per heavy atom. The summed E-state index contributed by atoms with van der Waals surface area (Å²) in [6, 6.07) is 8.27. The third-order valence-electron chi connectivity index (χ3n) is 4.21. The fourth-order valence-corrected chi connectivity index (χ4v) is 3.27. The van der Waals surface area contributed by atoms with E-state index >= 15 is 0 Å². The van der Waals surface area contributed by atoms with Gasteiger partial charge in [-0.3, -0.25) is 4.79 Å². The van der Waals surface area contributed by atoms with Crippen LogP contribution >= 0.6 is 22.6 Å². The summed E-state index contributed by atoms with van der Waals surface area (Å²) >= 11 is 2.22. The van der Waals surface area contributed by atoms with Crippen molar-refractivity contribution >= 4 is 34.4 Å². The lowest BCUT2D eigenvalue weighted by molar-refractivity contribution is -0.117. The molecule has 2 aromatic rings. The van der Waals surface area contributed by atoms with Gasteiger partial charge < -0.3 is 10.6 Å². The lowest BCUT2D eigenvalue weighted by Gasteiger charge is -2.32. The van der Waals surface area contributed by atoms with Crippen LogP contribution in [-0.4, -0.2) is 29.0 Å². The Balaban J connectivity index is 1.60. The highest BCUT2D eigenvalue weighted by atomic mass is 127. The highest BCUT2D eigenvalue weighted by Crippen LogP contribution is 2.29. The Bertz CT molecular complexity index is 664. The first-order chi connectivity index (χ1) is 11.1. The van der Waals surface area contributed by atoms with E-state index in [0.717, 1.165) is 41.0 Å². The van der Waals surface area contributed by atoms with Crippen LogP contribution in [0.4, 0.5) is 5.95 Å². The molecule has 1 fully saturated rings. The molecule has 0 spiro atoms. The standard InChI is InChI=1S/C17H19IN4O/c18-15-10-20-17(21-11-15)22-7-5-14(6-8-22)13-3-1-12(2-4-13)9-16(19)23/h1-4,10-11,14H,5-9H2,(H2,19,23). The molecule has 0 bridgehead atoms. The summed E-state index contributed by atoms with van der Waals surface area (Å²) in [5.74, 6) is 1.09. The van der Waals surface area contributed by atoms with Gasteiger partial charge in [0.15, 0.2) is 0 Å². The van der Waals surface area contributed by atoms with Gasteiger partial charge in [0.05, 0.1) is 6.42 Å². The predicted octanol–water partition coefficient (Wildman–Crippen LogP) is 2.49. The summed E-state index contributed by atoms with van der Waals surface area (Å²) in [7, 11) is 0. The van der Waals surface area contributed by atoms with E-state index in [4.69, 9.17) is 5.73 Å². The number of amides is 1. The number of hydrogen-bond donors (Lipinski definition) is 1. The van der Waals surface area contributed by atoms with E-state index in [0.29, 0.717) is 12.3 Å². The van der Waals surface area contributed by atoms with Gasteiger partial charge in [-0.2, -0.15) is 0 Å². The molecule has 5 nitrogen and oxygen atoms in total. The normalized spacial score (nSPS) is 15.6. The van der Waals surface area contributed by atoms with Crippen LogP contribution in [0.1, 0.15) is 29.9 Å². The van der Waals surface area contributed by atoms with E-state index in [1.807, 2.05) is 24.5 Å². The molecule has 0 unspecified atom stereocenters. The second kappa shape index (κ2) is 7.25. The van der Waals surface area contributed by atoms with E-state index in [1.165, 1.54) is 5.56 Å². The fraction of sp³-hybridized carbons (Fsp3) is 0.353. The van der Waals surface area contributed by atoms with Gasteiger partial charge in [-0.15, -0.1) is 0 Å². The number of nitrogens with two attached hydrogens (primary N) is 1. The van der Waals surface area contributed by atoms with Gasteiger partial charge in [0.25, 0.3) is 0 Å². The summed E-state index contributed by atoms with van der Waals surface area (Å²) in [6.07, 6.45) is 6.19. The van der Waals surface area contributed by atoms with E-state index < -0.39 is 0 Å². The van der Waals surface area contributed by atoms with Gasteiger partial charge in [-0.25, -0.2) is 9.97 Å². The third-order valence-corrected chi connectivity index (χ3v) is 4.77. The number of nitrogens with zero attached hydrogens (tertiary/aromatic N) is 3. The molecule has 0 aliphatic carbocycles. The molecule has 1 amide bonds. The number of benzene rings is 1. The second-order valence-electron chi connectivity index (χ2n) is 5.85. The van der Waals surface area contributed by atoms with Crippen molar-refractivity contribution in [2.45, 2.75) is 25.2 Å². The summed E-state index contributed by atoms with van der Waals surface area (Å²) < 4.78 is 1.05. The molecular weight excluding hydrogens is 403 g/mol. The smallest absolute Gasteiger partial charge is 0.225 e. The molecule has 0 atom stereocenters. The van der Waals surface area contributed by atoms with E-state index in [2.05, 4.69) is 49.6 Å². The molecule has 1 aliphatic rings. The largest absolute Gasteiger partial charge is 0.369 e. The van der Waals surface area contributed by atoms with Gasteiger partial charge in [-0.1, -0.05) is 24.3 Å². The lowest BCUT2D eigenvalue weighted by Crippen LogP contribution is -2.34. The van der Waals surface area contributed by atoms with Gasteiger partial charge in [0.1, 0.15) is 0 Å². The van der Waals surface area contributed by atoms with Crippen LogP contribution in [0, 0.1) is 3.57 Å². The summed E-state index contributed by atoms with van der Waals surface area (Å²) in [5, 5.41) is 0. The monoisotopic (exact) mass is 422 g/mol. The van der Waals surface area contributed by atoms with Gasteiger partial charge in [0.2, 0.25) is 11.9 Å². The number of carbonyl (C=O) groups excluding carboxylic acids is 1. The molecule has 0 saturated carbocycles. The average molecular weight is 422 g/mol. The van der Waals surface area contributed by atoms with Crippen molar-refractivity contribution in [3.63, 3.8) is 0 Å². The van der Waals surface area contributed by atoms with E-state index in [1.54, 1.807) is 0 Å². The molecule has 1 aromatic heterocycles. The maximum atomic E-state index is 11.0. The fourth-order valence-electron chi connectivity index (χ4n) is 2.99. The highest BCUT2D eigenvalue weighted by molar-refractivity contribution is 14.1. The lowest BCUT2D eigenvalue weighted by atomic mass is 9.89. The molecule has 0 radical (unpaired) electrons. The number of hydrogen-bond acceptors (Lipinski definition) is 4. The summed E-state index contributed by atoms with van der Waals surface area (Å²) in [4.78, 5) is 22.0. The number of piperidine rings is 1. The number of carbonyl (C=O) groups is 1. The van der Waals surface area contributed by atoms with Gasteiger partial charge in [-0.05, 0) is 52.5 Å². The van der Waals surface area contributed by atoms with Crippen molar-refractivity contribution in [2.75, 3.05) is 18.0 Å². The average Bonchev–Trinajstić information content (AvgIpc) is 2.56. The number of rotatable bonds is 4. The Morgan fingerprint density at radius 1 is 1.17 bits per heavy atom. The predicted molar refractivity (Wildman–Crippen MR) is 98.3 cm³/mol. The molecule has 120 valence electrons. The molecular formula is C17H19IN4O. The first kappa shape index (κ1) is 16.2. The van der Waals surface area contributed by atoms with E-state index in [-0.39, 0.29) is 5.91 Å². The molecule has 1 aliphatic heterocycles. The quantitative estimate of drug-likeness (QED) is 0.769. The summed E-state index contributed by atoms with van der Waals surface area (Å²) in [5.41, 5.74) is 7.54. The van der Waals surface area contributed by atoms with Crippen molar-refractivity contribution < 1.29 is 4.79 Å². The minimum Gasteiger partial charge on any atom is -0.369 e. The van der Waals surface area contributed by atoms with Crippen molar-refractivity contribution in [3.8, 4) is 0 Å². The van der Waals surface area contributed by atoms with Crippen molar-refractivity contribution in [2.24, 2.45) is 5.73 Å². The number of primary amides is 1. The van der Waals surface area contributed by atoms with Crippen LogP contribution in [0.2, 0.25) is 0 Å². The SMILES string of the molecule is NC(=O)Cc1ccc(C2CCN(c3ncc(I)cn3)CC2)cc1. The molecule has 6 heteroatoms. The second-order valence-corrected chi connectivity index (χ2v) is 7.09. The van der Waals surface area contributed by atoms with Crippen LogP contribution in [-0.2, 0) is 11.2 Å². The first-order valence-electron chi connectivity index (χ1n) is 7.71. The molecule has 3 rings (SSSR count). The van der Waals surface area contributed by atoms with Crippen molar-refractivity contribution in [1.29, 1.82) is 0 Å². The minimum absolute atomic E-state index is 0.288. The maximum absolute atomic E-state index is 11.0. The van der Waals surface area contributed by atoms with Gasteiger partial charge in [0, 0.05) is 29.1 Å². The van der Waals surface area contributed by atoms with Crippen molar-refractivity contribution in [1.82, 2.24) is 9.97 Å². The molecule has 1 aromatic carbocycles. The van der Waals surface area contributed by atoms with E-state index in [9.17, 15) is 4.79 Å². The Kier molecular flexibility index (Phi) is 5.09. The Morgan fingerprint density at radius 3 is 2.35 bits per heavy atom. The zero-order valence-corrected chi connectivity index (χ0v) is 14.9. The molecule has 2 N–H and O–H groups in total. The zero-order chi connectivity index (χ0) is 16.2. The highest BCUT2D eigenvalue weighted by Gasteiger charge is 2.22. The topological polar surface area (TPSA) is 72.1 Å². The van der Waals surface area contributed by atoms with Crippen LogP contribution in [0.3, 0.4) is 0 Å².